The largest absolute Gasteiger partial charge is 0.366 e. The lowest BCUT2D eigenvalue weighted by atomic mass is 10.1. The average Bonchev–Trinajstić information content (AvgIpc) is 2.60. The van der Waals surface area contributed by atoms with E-state index in [1.165, 1.54) is 25.2 Å². The van der Waals surface area contributed by atoms with E-state index in [2.05, 4.69) is 5.32 Å². The highest BCUT2D eigenvalue weighted by Gasteiger charge is 2.18. The lowest BCUT2D eigenvalue weighted by molar-refractivity contribution is 0.0940. The molecule has 0 heterocycles. The Hall–Kier alpha value is -2.87. The Labute approximate surface area is 152 Å². The molecule has 0 saturated heterocycles. The van der Waals surface area contributed by atoms with Gasteiger partial charge in [-0.05, 0) is 30.7 Å². The zero-order valence-corrected chi connectivity index (χ0v) is 15.6. The number of rotatable bonds is 6. The topological polar surface area (TPSA) is 110 Å². The number of amides is 2. The van der Waals surface area contributed by atoms with Crippen LogP contribution >= 0.6 is 0 Å². The predicted octanol–water partition coefficient (Wildman–Crippen LogP) is 1.67. The van der Waals surface area contributed by atoms with Gasteiger partial charge < -0.3 is 11.1 Å². The highest BCUT2D eigenvalue weighted by atomic mass is 32.2. The Morgan fingerprint density at radius 1 is 1.08 bits per heavy atom. The first-order valence-electron chi connectivity index (χ1n) is 7.84. The maximum Gasteiger partial charge on any atom is 0.251 e. The molecule has 0 radical (unpaired) electrons. The van der Waals surface area contributed by atoms with Gasteiger partial charge in [-0.15, -0.1) is 0 Å². The number of benzene rings is 2. The summed E-state index contributed by atoms with van der Waals surface area (Å²) >= 11 is 0. The molecule has 0 bridgehead atoms. The highest BCUT2D eigenvalue weighted by Crippen LogP contribution is 2.21. The molecule has 1 atom stereocenters. The van der Waals surface area contributed by atoms with Gasteiger partial charge in [-0.25, -0.2) is 8.42 Å². The van der Waals surface area contributed by atoms with Crippen molar-refractivity contribution in [2.45, 2.75) is 13.0 Å². The second-order valence-electron chi connectivity index (χ2n) is 5.97. The molecule has 26 heavy (non-hydrogen) atoms. The fourth-order valence-corrected chi connectivity index (χ4v) is 2.85. The molecule has 7 nitrogen and oxygen atoms in total. The number of nitrogens with two attached hydrogens (primary N) is 1. The van der Waals surface area contributed by atoms with E-state index in [-0.39, 0.29) is 22.9 Å². The number of sulfonamides is 1. The Kier molecular flexibility index (Phi) is 5.66. The summed E-state index contributed by atoms with van der Waals surface area (Å²) in [4.78, 5) is 24.2. The van der Waals surface area contributed by atoms with Crippen molar-refractivity contribution in [2.75, 3.05) is 17.6 Å². The van der Waals surface area contributed by atoms with Crippen LogP contribution in [0.3, 0.4) is 0 Å². The van der Waals surface area contributed by atoms with Crippen molar-refractivity contribution in [3.05, 3.63) is 65.2 Å². The van der Waals surface area contributed by atoms with Gasteiger partial charge in [0.2, 0.25) is 15.9 Å². The summed E-state index contributed by atoms with van der Waals surface area (Å²) in [5.74, 6) is -1.19. The van der Waals surface area contributed by atoms with Gasteiger partial charge in [0.15, 0.2) is 0 Å². The van der Waals surface area contributed by atoms with Gasteiger partial charge >= 0.3 is 0 Å². The lowest BCUT2D eigenvalue weighted by Gasteiger charge is -2.19. The van der Waals surface area contributed by atoms with Crippen molar-refractivity contribution in [1.82, 2.24) is 5.32 Å². The summed E-state index contributed by atoms with van der Waals surface area (Å²) in [5.41, 5.74) is 6.61. The van der Waals surface area contributed by atoms with Crippen molar-refractivity contribution in [1.29, 1.82) is 0 Å². The minimum Gasteiger partial charge on any atom is -0.366 e. The van der Waals surface area contributed by atoms with E-state index in [1.54, 1.807) is 0 Å². The molecular weight excluding hydrogens is 354 g/mol. The van der Waals surface area contributed by atoms with Crippen LogP contribution in [0.4, 0.5) is 5.69 Å². The molecule has 0 aliphatic heterocycles. The number of carbonyl (C=O) groups excluding carboxylic acids is 2. The van der Waals surface area contributed by atoms with Crippen LogP contribution in [0.25, 0.3) is 0 Å². The van der Waals surface area contributed by atoms with E-state index in [1.807, 2.05) is 37.3 Å². The molecule has 8 heteroatoms. The molecule has 0 spiro atoms. The van der Waals surface area contributed by atoms with Crippen LogP contribution in [0.15, 0.2) is 48.5 Å². The monoisotopic (exact) mass is 375 g/mol. The first kappa shape index (κ1) is 19.5. The maximum absolute atomic E-state index is 12.6. The van der Waals surface area contributed by atoms with Crippen molar-refractivity contribution >= 4 is 27.5 Å². The summed E-state index contributed by atoms with van der Waals surface area (Å²) < 4.78 is 24.5. The first-order valence-corrected chi connectivity index (χ1v) is 9.69. The molecular formula is C18H21N3O4S. The van der Waals surface area contributed by atoms with Gasteiger partial charge in [-0.1, -0.05) is 30.3 Å². The highest BCUT2D eigenvalue weighted by molar-refractivity contribution is 7.92. The second-order valence-corrected chi connectivity index (χ2v) is 7.98. The van der Waals surface area contributed by atoms with E-state index in [0.717, 1.165) is 16.1 Å². The zero-order valence-electron chi connectivity index (χ0n) is 14.8. The molecule has 3 N–H and O–H groups in total. The number of anilines is 1. The third-order valence-electron chi connectivity index (χ3n) is 3.97. The van der Waals surface area contributed by atoms with Crippen LogP contribution in [-0.4, -0.2) is 33.5 Å². The van der Waals surface area contributed by atoms with Crippen LogP contribution < -0.4 is 15.4 Å². The van der Waals surface area contributed by atoms with Gasteiger partial charge in [0.25, 0.3) is 5.91 Å². The normalized spacial score (nSPS) is 12.3. The molecule has 0 aliphatic carbocycles. The molecule has 2 rings (SSSR count). The van der Waals surface area contributed by atoms with Crippen LogP contribution in [-0.2, 0) is 10.0 Å². The number of hydrogen-bond acceptors (Lipinski definition) is 4. The van der Waals surface area contributed by atoms with Crippen molar-refractivity contribution in [2.24, 2.45) is 5.73 Å². The Morgan fingerprint density at radius 2 is 1.65 bits per heavy atom. The van der Waals surface area contributed by atoms with Gasteiger partial charge in [0.05, 0.1) is 18.0 Å². The quantitative estimate of drug-likeness (QED) is 0.800. The van der Waals surface area contributed by atoms with Gasteiger partial charge in [-0.2, -0.15) is 0 Å². The molecule has 2 aromatic rings. The average molecular weight is 375 g/mol. The third-order valence-corrected chi connectivity index (χ3v) is 5.18. The maximum atomic E-state index is 12.6. The van der Waals surface area contributed by atoms with E-state index in [9.17, 15) is 18.0 Å². The first-order chi connectivity index (χ1) is 12.1. The molecule has 0 saturated carbocycles. The van der Waals surface area contributed by atoms with Gasteiger partial charge in [0.1, 0.15) is 0 Å². The second kappa shape index (κ2) is 7.57. The van der Waals surface area contributed by atoms with E-state index in [0.29, 0.717) is 0 Å². The minimum absolute atomic E-state index is 0.0514. The zero-order chi connectivity index (χ0) is 19.5. The summed E-state index contributed by atoms with van der Waals surface area (Å²) in [6.07, 6.45) is 1.03. The fourth-order valence-electron chi connectivity index (χ4n) is 2.36. The Bertz CT molecular complexity index is 927. The van der Waals surface area contributed by atoms with Crippen molar-refractivity contribution in [3.8, 4) is 0 Å². The molecule has 0 aromatic heterocycles. The molecule has 1 unspecified atom stereocenters. The summed E-state index contributed by atoms with van der Waals surface area (Å²) in [7, 11) is -2.22. The molecule has 138 valence electrons. The third kappa shape index (κ3) is 4.60. The lowest BCUT2D eigenvalue weighted by Crippen LogP contribution is -2.29. The standard InChI is InChI=1S/C18H21N3O4S/c1-12(13-7-5-4-6-8-13)20-18(23)15-9-14(17(19)22)10-16(11-15)21(2)26(3,24)25/h4-12H,1-3H3,(H2,19,22)(H,20,23). The van der Waals surface area contributed by atoms with Crippen LogP contribution in [0.5, 0.6) is 0 Å². The van der Waals surface area contributed by atoms with Crippen molar-refractivity contribution < 1.29 is 18.0 Å². The molecule has 2 aromatic carbocycles. The number of primary amides is 1. The SMILES string of the molecule is CC(NC(=O)c1cc(C(N)=O)cc(N(C)S(C)(=O)=O)c1)c1ccccc1. The smallest absolute Gasteiger partial charge is 0.251 e. The number of nitrogens with zero attached hydrogens (tertiary/aromatic N) is 1. The van der Waals surface area contributed by atoms with E-state index < -0.39 is 21.8 Å². The van der Waals surface area contributed by atoms with Crippen molar-refractivity contribution in [3.63, 3.8) is 0 Å². The summed E-state index contributed by atoms with van der Waals surface area (Å²) in [6.45, 7) is 1.83. The van der Waals surface area contributed by atoms with Crippen LogP contribution in [0, 0.1) is 0 Å². The van der Waals surface area contributed by atoms with Crippen LogP contribution in [0.2, 0.25) is 0 Å². The summed E-state index contributed by atoms with van der Waals surface area (Å²) in [6, 6.07) is 13.2. The Morgan fingerprint density at radius 3 is 2.19 bits per heavy atom. The molecule has 2 amide bonds. The minimum atomic E-state index is -3.56. The number of nitrogens with one attached hydrogen (secondary N) is 1. The number of carbonyl (C=O) groups is 2. The Balaban J connectivity index is 2.37. The van der Waals surface area contributed by atoms with Crippen LogP contribution in [0.1, 0.15) is 39.2 Å². The summed E-state index contributed by atoms with van der Waals surface area (Å²) in [5, 5.41) is 2.82. The van der Waals surface area contributed by atoms with Gasteiger partial charge in [-0.3, -0.25) is 13.9 Å². The van der Waals surface area contributed by atoms with Gasteiger partial charge in [0, 0.05) is 18.2 Å². The van der Waals surface area contributed by atoms with E-state index >= 15 is 0 Å². The predicted molar refractivity (Wildman–Crippen MR) is 101 cm³/mol. The number of hydrogen-bond donors (Lipinski definition) is 2. The van der Waals surface area contributed by atoms with E-state index in [4.69, 9.17) is 5.73 Å². The molecule has 0 aliphatic rings. The fraction of sp³-hybridized carbons (Fsp3) is 0.222. The molecule has 0 fully saturated rings.